The molecule has 1 aromatic heterocycles. The Morgan fingerprint density at radius 2 is 1.60 bits per heavy atom. The Balaban J connectivity index is 1.52. The van der Waals surface area contributed by atoms with Crippen molar-refractivity contribution in [1.29, 1.82) is 0 Å². The van der Waals surface area contributed by atoms with Gasteiger partial charge in [0.25, 0.3) is 0 Å². The molecule has 0 saturated heterocycles. The number of phenols is 2. The van der Waals surface area contributed by atoms with Gasteiger partial charge < -0.3 is 25.6 Å². The number of aromatic nitrogens is 2. The van der Waals surface area contributed by atoms with Gasteiger partial charge in [-0.3, -0.25) is 0 Å². The first-order chi connectivity index (χ1) is 14.6. The van der Waals surface area contributed by atoms with Crippen LogP contribution in [0.1, 0.15) is 0 Å². The van der Waals surface area contributed by atoms with E-state index in [1.165, 1.54) is 18.2 Å². The molecule has 0 atom stereocenters. The summed E-state index contributed by atoms with van der Waals surface area (Å²) in [5.41, 5.74) is 1.09. The van der Waals surface area contributed by atoms with Crippen LogP contribution < -0.4 is 15.4 Å². The summed E-state index contributed by atoms with van der Waals surface area (Å²) in [6, 6.07) is 19.9. The van der Waals surface area contributed by atoms with Crippen molar-refractivity contribution >= 4 is 23.1 Å². The van der Waals surface area contributed by atoms with Crippen LogP contribution in [0.4, 0.5) is 27.5 Å². The van der Waals surface area contributed by atoms with Crippen molar-refractivity contribution in [2.75, 3.05) is 10.6 Å². The Kier molecular flexibility index (Phi) is 5.29. The molecule has 0 fully saturated rings. The molecule has 0 saturated carbocycles. The Morgan fingerprint density at radius 1 is 0.833 bits per heavy atom. The molecule has 0 radical (unpaired) electrons. The quantitative estimate of drug-likeness (QED) is 0.346. The lowest BCUT2D eigenvalue weighted by Crippen LogP contribution is -2.03. The molecule has 4 N–H and O–H groups in total. The molecule has 0 bridgehead atoms. The number of phenolic OH excluding ortho intramolecular Hbond substituents is 2. The molecule has 0 aliphatic carbocycles. The van der Waals surface area contributed by atoms with E-state index in [1.54, 1.807) is 54.6 Å². The molecular formula is C22H17FN4O3. The SMILES string of the molecule is Oc1cccc(Nc2nc(Nc3cccc(Oc4ccccc4O)c3)ncc2F)c1. The van der Waals surface area contributed by atoms with Crippen LogP contribution in [0.5, 0.6) is 23.0 Å². The number of hydrogen-bond donors (Lipinski definition) is 4. The van der Waals surface area contributed by atoms with Gasteiger partial charge in [-0.05, 0) is 36.4 Å². The minimum absolute atomic E-state index is 0.0281. The molecule has 0 aliphatic heterocycles. The number of rotatable bonds is 6. The zero-order valence-corrected chi connectivity index (χ0v) is 15.6. The van der Waals surface area contributed by atoms with Gasteiger partial charge in [0.15, 0.2) is 23.1 Å². The number of ether oxygens (including phenoxy) is 1. The molecule has 0 aliphatic rings. The fourth-order valence-electron chi connectivity index (χ4n) is 2.67. The number of nitrogens with zero attached hydrogens (tertiary/aromatic N) is 2. The van der Waals surface area contributed by atoms with Crippen LogP contribution >= 0.6 is 0 Å². The zero-order chi connectivity index (χ0) is 20.9. The maximum absolute atomic E-state index is 14.1. The molecule has 30 heavy (non-hydrogen) atoms. The minimum Gasteiger partial charge on any atom is -0.508 e. The maximum Gasteiger partial charge on any atom is 0.229 e. The molecule has 0 spiro atoms. The standard InChI is InChI=1S/C22H17FN4O3/c23-18-13-24-22(27-21(18)25-14-5-3-7-16(28)11-14)26-15-6-4-8-17(12-15)30-20-10-2-1-9-19(20)29/h1-13,28-29H,(H2,24,25,26,27). The fraction of sp³-hybridized carbons (Fsp3) is 0. The third kappa shape index (κ3) is 4.56. The van der Waals surface area contributed by atoms with Gasteiger partial charge in [-0.1, -0.05) is 24.3 Å². The number of anilines is 4. The van der Waals surface area contributed by atoms with E-state index in [9.17, 15) is 14.6 Å². The Bertz CT molecular complexity index is 1190. The summed E-state index contributed by atoms with van der Waals surface area (Å²) in [5.74, 6) is 0.375. The molecule has 0 unspecified atom stereocenters. The van der Waals surface area contributed by atoms with Crippen molar-refractivity contribution in [3.8, 4) is 23.0 Å². The second kappa shape index (κ2) is 8.36. The highest BCUT2D eigenvalue weighted by Crippen LogP contribution is 2.31. The highest BCUT2D eigenvalue weighted by molar-refractivity contribution is 5.62. The van der Waals surface area contributed by atoms with Gasteiger partial charge in [0.05, 0.1) is 6.20 Å². The van der Waals surface area contributed by atoms with E-state index in [0.717, 1.165) is 6.20 Å². The average Bonchev–Trinajstić information content (AvgIpc) is 2.73. The van der Waals surface area contributed by atoms with Gasteiger partial charge in [0.1, 0.15) is 11.5 Å². The van der Waals surface area contributed by atoms with Crippen LogP contribution in [0.2, 0.25) is 0 Å². The van der Waals surface area contributed by atoms with Gasteiger partial charge in [0.2, 0.25) is 5.95 Å². The van der Waals surface area contributed by atoms with Crippen molar-refractivity contribution in [2.45, 2.75) is 0 Å². The van der Waals surface area contributed by atoms with Crippen molar-refractivity contribution < 1.29 is 19.3 Å². The Morgan fingerprint density at radius 3 is 2.40 bits per heavy atom. The largest absolute Gasteiger partial charge is 0.508 e. The maximum atomic E-state index is 14.1. The van der Waals surface area contributed by atoms with E-state index in [2.05, 4.69) is 20.6 Å². The van der Waals surface area contributed by atoms with E-state index < -0.39 is 5.82 Å². The van der Waals surface area contributed by atoms with Crippen LogP contribution in [0.25, 0.3) is 0 Å². The smallest absolute Gasteiger partial charge is 0.229 e. The van der Waals surface area contributed by atoms with Gasteiger partial charge in [0, 0.05) is 23.5 Å². The van der Waals surface area contributed by atoms with Crippen LogP contribution in [-0.2, 0) is 0 Å². The average molecular weight is 404 g/mol. The summed E-state index contributed by atoms with van der Waals surface area (Å²) in [4.78, 5) is 8.10. The molecule has 8 heteroatoms. The lowest BCUT2D eigenvalue weighted by Gasteiger charge is -2.11. The summed E-state index contributed by atoms with van der Waals surface area (Å²) in [7, 11) is 0. The third-order valence-electron chi connectivity index (χ3n) is 4.04. The molecular weight excluding hydrogens is 387 g/mol. The highest BCUT2D eigenvalue weighted by atomic mass is 19.1. The predicted octanol–water partition coefficient (Wildman–Crippen LogP) is 5.31. The van der Waals surface area contributed by atoms with E-state index in [1.807, 2.05) is 0 Å². The summed E-state index contributed by atoms with van der Waals surface area (Å²) < 4.78 is 19.8. The van der Waals surface area contributed by atoms with Crippen molar-refractivity contribution in [3.05, 3.63) is 84.8 Å². The van der Waals surface area contributed by atoms with E-state index in [4.69, 9.17) is 4.74 Å². The second-order valence-corrected chi connectivity index (χ2v) is 6.29. The molecule has 4 rings (SSSR count). The number of halogens is 1. The number of nitrogens with one attached hydrogen (secondary N) is 2. The number of benzene rings is 3. The second-order valence-electron chi connectivity index (χ2n) is 6.29. The molecule has 150 valence electrons. The first kappa shape index (κ1) is 19.0. The zero-order valence-electron chi connectivity index (χ0n) is 15.6. The summed E-state index contributed by atoms with van der Waals surface area (Å²) in [6.07, 6.45) is 1.04. The van der Waals surface area contributed by atoms with E-state index in [-0.39, 0.29) is 23.3 Å². The van der Waals surface area contributed by atoms with Crippen LogP contribution in [-0.4, -0.2) is 20.2 Å². The summed E-state index contributed by atoms with van der Waals surface area (Å²) in [5, 5.41) is 25.2. The van der Waals surface area contributed by atoms with Crippen molar-refractivity contribution in [1.82, 2.24) is 9.97 Å². The molecule has 4 aromatic rings. The number of para-hydroxylation sites is 2. The third-order valence-corrected chi connectivity index (χ3v) is 4.04. The fourth-order valence-corrected chi connectivity index (χ4v) is 2.67. The summed E-state index contributed by atoms with van der Waals surface area (Å²) >= 11 is 0. The first-order valence-corrected chi connectivity index (χ1v) is 8.98. The van der Waals surface area contributed by atoms with E-state index >= 15 is 0 Å². The van der Waals surface area contributed by atoms with Crippen LogP contribution in [0.15, 0.2) is 79.0 Å². The summed E-state index contributed by atoms with van der Waals surface area (Å²) in [6.45, 7) is 0. The predicted molar refractivity (Wildman–Crippen MR) is 111 cm³/mol. The topological polar surface area (TPSA) is 99.5 Å². The van der Waals surface area contributed by atoms with Gasteiger partial charge in [-0.15, -0.1) is 0 Å². The minimum atomic E-state index is -0.638. The van der Waals surface area contributed by atoms with Gasteiger partial charge >= 0.3 is 0 Å². The molecule has 3 aromatic carbocycles. The monoisotopic (exact) mass is 404 g/mol. The van der Waals surface area contributed by atoms with Gasteiger partial charge in [-0.2, -0.15) is 4.98 Å². The highest BCUT2D eigenvalue weighted by Gasteiger charge is 2.09. The van der Waals surface area contributed by atoms with Gasteiger partial charge in [-0.25, -0.2) is 9.37 Å². The van der Waals surface area contributed by atoms with Crippen molar-refractivity contribution in [2.24, 2.45) is 0 Å². The molecule has 1 heterocycles. The number of hydrogen-bond acceptors (Lipinski definition) is 7. The molecule has 7 nitrogen and oxygen atoms in total. The Labute approximate surface area is 171 Å². The number of aromatic hydroxyl groups is 2. The van der Waals surface area contributed by atoms with Crippen molar-refractivity contribution in [3.63, 3.8) is 0 Å². The van der Waals surface area contributed by atoms with E-state index in [0.29, 0.717) is 22.9 Å². The lowest BCUT2D eigenvalue weighted by atomic mass is 10.3. The Hall–Kier alpha value is -4.33. The normalized spacial score (nSPS) is 10.4. The van der Waals surface area contributed by atoms with Crippen LogP contribution in [0.3, 0.4) is 0 Å². The molecule has 0 amide bonds. The van der Waals surface area contributed by atoms with Crippen LogP contribution in [0, 0.1) is 5.82 Å². The lowest BCUT2D eigenvalue weighted by molar-refractivity contribution is 0.411. The first-order valence-electron chi connectivity index (χ1n) is 8.98.